The molecule has 1 fully saturated rings. The van der Waals surface area contributed by atoms with E-state index in [9.17, 15) is 0 Å². The van der Waals surface area contributed by atoms with Gasteiger partial charge in [-0.2, -0.15) is 0 Å². The fraction of sp³-hybridized carbons (Fsp3) is 0.353. The van der Waals surface area contributed by atoms with Gasteiger partial charge in [-0.3, -0.25) is 0 Å². The highest BCUT2D eigenvalue weighted by Gasteiger charge is 2.22. The Labute approximate surface area is 120 Å². The summed E-state index contributed by atoms with van der Waals surface area (Å²) in [5.74, 6) is 2.58. The summed E-state index contributed by atoms with van der Waals surface area (Å²) in [6.07, 6.45) is 4.31. The second-order valence-corrected chi connectivity index (χ2v) is 5.25. The first kappa shape index (κ1) is 13.0. The topological polar surface area (TPSA) is 25.4 Å². The highest BCUT2D eigenvalue weighted by Crippen LogP contribution is 2.30. The van der Waals surface area contributed by atoms with E-state index in [0.717, 1.165) is 24.7 Å². The molecule has 0 radical (unpaired) electrons. The Bertz CT molecular complexity index is 556. The lowest BCUT2D eigenvalue weighted by atomic mass is 9.90. The molecule has 20 heavy (non-hydrogen) atoms. The van der Waals surface area contributed by atoms with E-state index in [1.54, 1.807) is 7.11 Å². The monoisotopic (exact) mass is 268 g/mol. The van der Waals surface area contributed by atoms with Crippen molar-refractivity contribution >= 4 is 5.82 Å². The van der Waals surface area contributed by atoms with Crippen molar-refractivity contribution < 1.29 is 4.74 Å². The molecular weight excluding hydrogens is 248 g/mol. The smallest absolute Gasteiger partial charge is 0.128 e. The molecule has 1 aliphatic rings. The molecule has 1 aromatic carbocycles. The van der Waals surface area contributed by atoms with Crippen LogP contribution < -0.4 is 9.64 Å². The van der Waals surface area contributed by atoms with Crippen molar-refractivity contribution in [1.82, 2.24) is 4.98 Å². The first-order valence-electron chi connectivity index (χ1n) is 7.17. The van der Waals surface area contributed by atoms with Gasteiger partial charge in [0, 0.05) is 25.2 Å². The minimum absolute atomic E-state index is 0.556. The first-order valence-corrected chi connectivity index (χ1v) is 7.17. The number of piperidine rings is 1. The summed E-state index contributed by atoms with van der Waals surface area (Å²) in [6, 6.07) is 14.6. The Hall–Kier alpha value is -2.03. The minimum Gasteiger partial charge on any atom is -0.497 e. The summed E-state index contributed by atoms with van der Waals surface area (Å²) in [5, 5.41) is 0. The van der Waals surface area contributed by atoms with Crippen LogP contribution in [0.3, 0.4) is 0 Å². The number of hydrogen-bond donors (Lipinski definition) is 0. The standard InChI is InChI=1S/C17H20N2O/c1-20-16-8-4-6-14(12-16)15-7-5-11-19(13-15)17-9-2-3-10-18-17/h2-4,6,8-10,12,15H,5,7,11,13H2,1H3. The maximum Gasteiger partial charge on any atom is 0.128 e. The molecule has 1 aliphatic heterocycles. The molecule has 2 heterocycles. The van der Waals surface area contributed by atoms with Gasteiger partial charge in [-0.05, 0) is 42.7 Å². The van der Waals surface area contributed by atoms with Crippen molar-refractivity contribution in [3.63, 3.8) is 0 Å². The van der Waals surface area contributed by atoms with Gasteiger partial charge in [0.15, 0.2) is 0 Å². The molecule has 3 rings (SSSR count). The predicted molar refractivity (Wildman–Crippen MR) is 81.4 cm³/mol. The van der Waals surface area contributed by atoms with Gasteiger partial charge in [-0.25, -0.2) is 4.98 Å². The van der Waals surface area contributed by atoms with Crippen LogP contribution >= 0.6 is 0 Å². The molecule has 0 bridgehead atoms. The van der Waals surface area contributed by atoms with Crippen molar-refractivity contribution in [2.24, 2.45) is 0 Å². The molecule has 0 saturated carbocycles. The number of pyridine rings is 1. The van der Waals surface area contributed by atoms with E-state index in [1.165, 1.54) is 18.4 Å². The van der Waals surface area contributed by atoms with E-state index in [2.05, 4.69) is 40.2 Å². The lowest BCUT2D eigenvalue weighted by molar-refractivity contribution is 0.412. The van der Waals surface area contributed by atoms with Crippen LogP contribution in [0.25, 0.3) is 0 Å². The van der Waals surface area contributed by atoms with Crippen molar-refractivity contribution in [2.45, 2.75) is 18.8 Å². The summed E-state index contributed by atoms with van der Waals surface area (Å²) in [5.41, 5.74) is 1.37. The van der Waals surface area contributed by atoms with Crippen molar-refractivity contribution in [1.29, 1.82) is 0 Å². The Morgan fingerprint density at radius 3 is 2.95 bits per heavy atom. The van der Waals surface area contributed by atoms with Gasteiger partial charge in [0.2, 0.25) is 0 Å². The Morgan fingerprint density at radius 2 is 2.15 bits per heavy atom. The second-order valence-electron chi connectivity index (χ2n) is 5.25. The molecule has 104 valence electrons. The van der Waals surface area contributed by atoms with Crippen molar-refractivity contribution in [3.05, 3.63) is 54.2 Å². The zero-order chi connectivity index (χ0) is 13.8. The lowest BCUT2D eigenvalue weighted by Crippen LogP contribution is -2.34. The average Bonchev–Trinajstić information content (AvgIpc) is 2.56. The number of ether oxygens (including phenoxy) is 1. The van der Waals surface area contributed by atoms with E-state index in [-0.39, 0.29) is 0 Å². The zero-order valence-electron chi connectivity index (χ0n) is 11.8. The highest BCUT2D eigenvalue weighted by molar-refractivity contribution is 5.40. The van der Waals surface area contributed by atoms with E-state index >= 15 is 0 Å². The summed E-state index contributed by atoms with van der Waals surface area (Å²) in [7, 11) is 1.72. The van der Waals surface area contributed by atoms with Crippen LogP contribution in [0.4, 0.5) is 5.82 Å². The Morgan fingerprint density at radius 1 is 1.20 bits per heavy atom. The van der Waals surface area contributed by atoms with Crippen molar-refractivity contribution in [3.8, 4) is 5.75 Å². The molecule has 3 nitrogen and oxygen atoms in total. The number of hydrogen-bond acceptors (Lipinski definition) is 3. The summed E-state index contributed by atoms with van der Waals surface area (Å²) >= 11 is 0. The van der Waals surface area contributed by atoms with Crippen LogP contribution in [-0.2, 0) is 0 Å². The van der Waals surface area contributed by atoms with Gasteiger partial charge >= 0.3 is 0 Å². The summed E-state index contributed by atoms with van der Waals surface area (Å²) in [6.45, 7) is 2.13. The zero-order valence-corrected chi connectivity index (χ0v) is 11.8. The molecule has 3 heteroatoms. The molecule has 2 aromatic rings. The van der Waals surface area contributed by atoms with Crippen LogP contribution in [0.2, 0.25) is 0 Å². The van der Waals surface area contributed by atoms with Crippen molar-refractivity contribution in [2.75, 3.05) is 25.1 Å². The molecule has 0 N–H and O–H groups in total. The molecule has 1 saturated heterocycles. The van der Waals surface area contributed by atoms with Gasteiger partial charge < -0.3 is 9.64 Å². The van der Waals surface area contributed by atoms with Gasteiger partial charge in [0.25, 0.3) is 0 Å². The molecule has 1 unspecified atom stereocenters. The van der Waals surface area contributed by atoms with E-state index in [1.807, 2.05) is 18.3 Å². The maximum atomic E-state index is 5.33. The number of methoxy groups -OCH3 is 1. The Kier molecular flexibility index (Phi) is 3.86. The SMILES string of the molecule is COc1cccc(C2CCCN(c3ccccn3)C2)c1. The normalized spacial score (nSPS) is 18.9. The number of aromatic nitrogens is 1. The third-order valence-corrected chi connectivity index (χ3v) is 3.96. The number of rotatable bonds is 3. The van der Waals surface area contributed by atoms with Crippen LogP contribution in [0.15, 0.2) is 48.7 Å². The highest BCUT2D eigenvalue weighted by atomic mass is 16.5. The van der Waals surface area contributed by atoms with Gasteiger partial charge in [-0.1, -0.05) is 18.2 Å². The minimum atomic E-state index is 0.556. The fourth-order valence-corrected chi connectivity index (χ4v) is 2.89. The number of nitrogens with zero attached hydrogens (tertiary/aromatic N) is 2. The second kappa shape index (κ2) is 5.95. The first-order chi connectivity index (χ1) is 9.86. The summed E-state index contributed by atoms with van der Waals surface area (Å²) in [4.78, 5) is 6.85. The average molecular weight is 268 g/mol. The molecule has 1 atom stereocenters. The summed E-state index contributed by atoms with van der Waals surface area (Å²) < 4.78 is 5.33. The van der Waals surface area contributed by atoms with E-state index in [4.69, 9.17) is 4.74 Å². The number of benzene rings is 1. The quantitative estimate of drug-likeness (QED) is 0.852. The molecular formula is C17H20N2O. The third-order valence-electron chi connectivity index (χ3n) is 3.96. The molecule has 0 aliphatic carbocycles. The molecule has 1 aromatic heterocycles. The van der Waals surface area contributed by atoms with Gasteiger partial charge in [-0.15, -0.1) is 0 Å². The largest absolute Gasteiger partial charge is 0.497 e. The van der Waals surface area contributed by atoms with E-state index in [0.29, 0.717) is 5.92 Å². The van der Waals surface area contributed by atoms with Crippen LogP contribution in [-0.4, -0.2) is 25.2 Å². The van der Waals surface area contributed by atoms with Gasteiger partial charge in [0.1, 0.15) is 11.6 Å². The van der Waals surface area contributed by atoms with Crippen LogP contribution in [0.1, 0.15) is 24.3 Å². The van der Waals surface area contributed by atoms with Crippen LogP contribution in [0.5, 0.6) is 5.75 Å². The molecule has 0 spiro atoms. The number of anilines is 1. The van der Waals surface area contributed by atoms with Crippen LogP contribution in [0, 0.1) is 0 Å². The van der Waals surface area contributed by atoms with E-state index < -0.39 is 0 Å². The van der Waals surface area contributed by atoms with Gasteiger partial charge in [0.05, 0.1) is 7.11 Å². The predicted octanol–water partition coefficient (Wildman–Crippen LogP) is 3.47. The third kappa shape index (κ3) is 2.77. The fourth-order valence-electron chi connectivity index (χ4n) is 2.89. The maximum absolute atomic E-state index is 5.33. The molecule has 0 amide bonds. The lowest BCUT2D eigenvalue weighted by Gasteiger charge is -2.34. The Balaban J connectivity index is 1.78.